The molecule has 17 heavy (non-hydrogen) atoms. The summed E-state index contributed by atoms with van der Waals surface area (Å²) in [5.74, 6) is 0. The van der Waals surface area contributed by atoms with E-state index in [-0.39, 0.29) is 0 Å². The first-order chi connectivity index (χ1) is 7.87. The van der Waals surface area contributed by atoms with Crippen LogP contribution in [0.1, 0.15) is 19.5 Å². The van der Waals surface area contributed by atoms with Crippen LogP contribution in [-0.2, 0) is 6.54 Å². The third-order valence-corrected chi connectivity index (χ3v) is 3.45. The second-order valence-electron chi connectivity index (χ2n) is 4.89. The Hall–Kier alpha value is -0.620. The van der Waals surface area contributed by atoms with Gasteiger partial charge in [0.25, 0.3) is 0 Å². The van der Waals surface area contributed by atoms with E-state index in [9.17, 15) is 5.11 Å². The van der Waals surface area contributed by atoms with Crippen LogP contribution in [0.4, 0.5) is 0 Å². The van der Waals surface area contributed by atoms with Gasteiger partial charge in [-0.1, -0.05) is 11.6 Å². The van der Waals surface area contributed by atoms with Crippen molar-refractivity contribution in [3.63, 3.8) is 0 Å². The van der Waals surface area contributed by atoms with Crippen molar-refractivity contribution >= 4 is 27.9 Å². The molecule has 2 rings (SSSR count). The maximum absolute atomic E-state index is 9.76. The Kier molecular flexibility index (Phi) is 3.45. The molecule has 0 amide bonds. The number of aromatic nitrogens is 2. The summed E-state index contributed by atoms with van der Waals surface area (Å²) in [7, 11) is 1.96. The Labute approximate surface area is 109 Å². The molecule has 0 aromatic carbocycles. The summed E-state index contributed by atoms with van der Waals surface area (Å²) in [4.78, 5) is 7.22. The van der Waals surface area contributed by atoms with Crippen molar-refractivity contribution in [1.29, 1.82) is 0 Å². The quantitative estimate of drug-likeness (QED) is 0.929. The number of aliphatic hydroxyl groups is 1. The van der Waals surface area contributed by atoms with Crippen molar-refractivity contribution < 1.29 is 5.11 Å². The van der Waals surface area contributed by atoms with E-state index >= 15 is 0 Å². The highest BCUT2D eigenvalue weighted by Crippen LogP contribution is 2.22. The average molecular weight is 274 g/mol. The van der Waals surface area contributed by atoms with E-state index in [2.05, 4.69) is 4.98 Å². The molecular formula is C11H16ClN3OS. The Balaban J connectivity index is 2.17. The number of hydrogen-bond acceptors (Lipinski definition) is 4. The summed E-state index contributed by atoms with van der Waals surface area (Å²) >= 11 is 7.67. The van der Waals surface area contributed by atoms with Crippen LogP contribution < -0.4 is 0 Å². The number of likely N-dealkylation sites (N-methyl/N-ethyl adjacent to an activating group) is 1. The van der Waals surface area contributed by atoms with Crippen LogP contribution in [0.3, 0.4) is 0 Å². The number of thiazole rings is 1. The van der Waals surface area contributed by atoms with Crippen molar-refractivity contribution in [2.45, 2.75) is 26.0 Å². The summed E-state index contributed by atoms with van der Waals surface area (Å²) in [6, 6.07) is 0. The van der Waals surface area contributed by atoms with Crippen molar-refractivity contribution in [1.82, 2.24) is 14.3 Å². The van der Waals surface area contributed by atoms with Gasteiger partial charge in [-0.2, -0.15) is 0 Å². The molecule has 0 aliphatic heterocycles. The van der Waals surface area contributed by atoms with Crippen LogP contribution in [0.15, 0.2) is 11.6 Å². The minimum Gasteiger partial charge on any atom is -0.389 e. The SMILES string of the molecule is CN(Cc1c(Cl)nc2sccn12)CC(C)(C)O. The van der Waals surface area contributed by atoms with Gasteiger partial charge in [-0.05, 0) is 20.9 Å². The Morgan fingerprint density at radius 3 is 2.94 bits per heavy atom. The predicted octanol–water partition coefficient (Wildman–Crippen LogP) is 2.25. The number of rotatable bonds is 4. The van der Waals surface area contributed by atoms with E-state index in [1.54, 1.807) is 25.2 Å². The number of fused-ring (bicyclic) bond motifs is 1. The van der Waals surface area contributed by atoms with Crippen LogP contribution in [0.25, 0.3) is 4.96 Å². The zero-order valence-corrected chi connectivity index (χ0v) is 11.7. The number of halogens is 1. The second kappa shape index (κ2) is 4.57. The van der Waals surface area contributed by atoms with E-state index in [1.807, 2.05) is 27.9 Å². The molecule has 0 fully saturated rings. The smallest absolute Gasteiger partial charge is 0.195 e. The molecule has 0 bridgehead atoms. The fraction of sp³-hybridized carbons (Fsp3) is 0.545. The van der Waals surface area contributed by atoms with Gasteiger partial charge in [0.2, 0.25) is 0 Å². The molecule has 4 nitrogen and oxygen atoms in total. The molecule has 0 aliphatic rings. The molecular weight excluding hydrogens is 258 g/mol. The summed E-state index contributed by atoms with van der Waals surface area (Å²) in [5.41, 5.74) is 0.259. The molecule has 0 spiro atoms. The Bertz CT molecular complexity index is 514. The van der Waals surface area contributed by atoms with E-state index in [4.69, 9.17) is 11.6 Å². The van der Waals surface area contributed by atoms with E-state index in [1.165, 1.54) is 0 Å². The van der Waals surface area contributed by atoms with Crippen LogP contribution in [0.5, 0.6) is 0 Å². The second-order valence-corrected chi connectivity index (χ2v) is 6.12. The van der Waals surface area contributed by atoms with Crippen LogP contribution in [0.2, 0.25) is 5.15 Å². The van der Waals surface area contributed by atoms with Crippen molar-refractivity contribution in [2.75, 3.05) is 13.6 Å². The van der Waals surface area contributed by atoms with Gasteiger partial charge in [0.15, 0.2) is 10.1 Å². The van der Waals surface area contributed by atoms with Gasteiger partial charge < -0.3 is 5.11 Å². The molecule has 0 radical (unpaired) electrons. The van der Waals surface area contributed by atoms with E-state index in [0.717, 1.165) is 10.7 Å². The monoisotopic (exact) mass is 273 g/mol. The van der Waals surface area contributed by atoms with Crippen molar-refractivity contribution in [2.24, 2.45) is 0 Å². The summed E-state index contributed by atoms with van der Waals surface area (Å²) in [6.07, 6.45) is 1.96. The molecule has 0 saturated carbocycles. The fourth-order valence-electron chi connectivity index (χ4n) is 1.92. The van der Waals surface area contributed by atoms with Crippen molar-refractivity contribution in [3.8, 4) is 0 Å². The molecule has 0 saturated heterocycles. The van der Waals surface area contributed by atoms with Gasteiger partial charge in [0.05, 0.1) is 11.3 Å². The lowest BCUT2D eigenvalue weighted by molar-refractivity contribution is 0.0421. The Morgan fingerprint density at radius 2 is 2.29 bits per heavy atom. The highest BCUT2D eigenvalue weighted by Gasteiger charge is 2.18. The third-order valence-electron chi connectivity index (χ3n) is 2.39. The lowest BCUT2D eigenvalue weighted by Gasteiger charge is -2.25. The Morgan fingerprint density at radius 1 is 1.59 bits per heavy atom. The first-order valence-corrected chi connectivity index (χ1v) is 6.63. The highest BCUT2D eigenvalue weighted by atomic mass is 35.5. The third kappa shape index (κ3) is 2.98. The average Bonchev–Trinajstić information content (AvgIpc) is 2.67. The molecule has 94 valence electrons. The highest BCUT2D eigenvalue weighted by molar-refractivity contribution is 7.15. The van der Waals surface area contributed by atoms with Gasteiger partial charge in [-0.3, -0.25) is 9.30 Å². The van der Waals surface area contributed by atoms with Gasteiger partial charge >= 0.3 is 0 Å². The number of hydrogen-bond donors (Lipinski definition) is 1. The lowest BCUT2D eigenvalue weighted by atomic mass is 10.1. The van der Waals surface area contributed by atoms with E-state index in [0.29, 0.717) is 18.2 Å². The van der Waals surface area contributed by atoms with E-state index < -0.39 is 5.60 Å². The number of imidazole rings is 1. The number of nitrogens with zero attached hydrogens (tertiary/aromatic N) is 3. The van der Waals surface area contributed by atoms with Crippen molar-refractivity contribution in [3.05, 3.63) is 22.4 Å². The maximum atomic E-state index is 9.76. The fourth-order valence-corrected chi connectivity index (χ4v) is 2.93. The van der Waals surface area contributed by atoms with Crippen LogP contribution >= 0.6 is 22.9 Å². The van der Waals surface area contributed by atoms with Gasteiger partial charge in [-0.25, -0.2) is 4.98 Å². The largest absolute Gasteiger partial charge is 0.389 e. The standard InChI is InChI=1S/C11H16ClN3OS/c1-11(2,16)7-14(3)6-8-9(12)13-10-15(8)4-5-17-10/h4-5,16H,6-7H2,1-3H3. The van der Waals surface area contributed by atoms with Crippen LogP contribution in [-0.4, -0.2) is 38.6 Å². The van der Waals surface area contributed by atoms with Gasteiger partial charge in [0, 0.05) is 24.7 Å². The van der Waals surface area contributed by atoms with Gasteiger partial charge in [-0.15, -0.1) is 11.3 Å². The molecule has 2 heterocycles. The minimum atomic E-state index is -0.709. The molecule has 6 heteroatoms. The molecule has 1 N–H and O–H groups in total. The zero-order valence-electron chi connectivity index (χ0n) is 10.1. The first-order valence-electron chi connectivity index (χ1n) is 5.38. The molecule has 2 aromatic rings. The summed E-state index contributed by atoms with van der Waals surface area (Å²) < 4.78 is 1.99. The molecule has 2 aromatic heterocycles. The van der Waals surface area contributed by atoms with Crippen LogP contribution in [0, 0.1) is 0 Å². The molecule has 0 unspecified atom stereocenters. The lowest BCUT2D eigenvalue weighted by Crippen LogP contribution is -2.36. The normalized spacial score (nSPS) is 12.8. The predicted molar refractivity (Wildman–Crippen MR) is 70.7 cm³/mol. The maximum Gasteiger partial charge on any atom is 0.195 e. The minimum absolute atomic E-state index is 0.541. The summed E-state index contributed by atoms with van der Waals surface area (Å²) in [5, 5.41) is 12.3. The molecule has 0 atom stereocenters. The zero-order chi connectivity index (χ0) is 12.6. The van der Waals surface area contributed by atoms with Gasteiger partial charge in [0.1, 0.15) is 0 Å². The summed E-state index contributed by atoms with van der Waals surface area (Å²) in [6.45, 7) is 4.84. The molecule has 0 aliphatic carbocycles. The topological polar surface area (TPSA) is 40.8 Å². The first kappa shape index (κ1) is 12.8.